The second kappa shape index (κ2) is 4.95. The van der Waals surface area contributed by atoms with Gasteiger partial charge in [0, 0.05) is 13.7 Å². The minimum absolute atomic E-state index is 0.0834. The zero-order valence-electron chi connectivity index (χ0n) is 7.45. The smallest absolute Gasteiger partial charge is 0.138 e. The largest absolute Gasteiger partial charge is 0.466 e. The molecule has 0 aromatic carbocycles. The van der Waals surface area contributed by atoms with E-state index in [0.717, 1.165) is 5.76 Å². The first-order valence-corrected chi connectivity index (χ1v) is 4.02. The molecule has 12 heavy (non-hydrogen) atoms. The van der Waals surface area contributed by atoms with Crippen molar-refractivity contribution in [3.05, 3.63) is 24.2 Å². The third kappa shape index (κ3) is 2.36. The zero-order chi connectivity index (χ0) is 8.81. The predicted octanol–water partition coefficient (Wildman–Crippen LogP) is 2.00. The minimum Gasteiger partial charge on any atom is -0.466 e. The lowest BCUT2D eigenvalue weighted by molar-refractivity contribution is 0.000282. The van der Waals surface area contributed by atoms with Crippen LogP contribution in [0.25, 0.3) is 0 Å². The second-order valence-corrected chi connectivity index (χ2v) is 2.40. The van der Waals surface area contributed by atoms with Crippen LogP contribution in [0, 0.1) is 0 Å². The Labute approximate surface area is 72.3 Å². The van der Waals surface area contributed by atoms with Crippen LogP contribution in [0.5, 0.6) is 0 Å². The molecule has 68 valence electrons. The van der Waals surface area contributed by atoms with E-state index in [0.29, 0.717) is 13.2 Å². The highest BCUT2D eigenvalue weighted by atomic mass is 16.5. The zero-order valence-corrected chi connectivity index (χ0v) is 7.45. The van der Waals surface area contributed by atoms with Crippen LogP contribution in [0.2, 0.25) is 0 Å². The molecule has 1 aromatic heterocycles. The van der Waals surface area contributed by atoms with E-state index in [1.54, 1.807) is 13.4 Å². The monoisotopic (exact) mass is 170 g/mol. The highest BCUT2D eigenvalue weighted by molar-refractivity contribution is 5.02. The van der Waals surface area contributed by atoms with Gasteiger partial charge in [0.1, 0.15) is 11.9 Å². The van der Waals surface area contributed by atoms with Gasteiger partial charge < -0.3 is 13.9 Å². The first-order valence-electron chi connectivity index (χ1n) is 4.02. The maximum Gasteiger partial charge on any atom is 0.138 e. The highest BCUT2D eigenvalue weighted by Gasteiger charge is 2.12. The van der Waals surface area contributed by atoms with Gasteiger partial charge in [0.2, 0.25) is 0 Å². The van der Waals surface area contributed by atoms with E-state index >= 15 is 0 Å². The van der Waals surface area contributed by atoms with E-state index in [4.69, 9.17) is 13.9 Å². The molecule has 0 amide bonds. The van der Waals surface area contributed by atoms with Gasteiger partial charge in [-0.2, -0.15) is 0 Å². The van der Waals surface area contributed by atoms with Crippen molar-refractivity contribution >= 4 is 0 Å². The molecule has 0 spiro atoms. The quantitative estimate of drug-likeness (QED) is 0.677. The normalized spacial score (nSPS) is 13.2. The third-order valence-corrected chi connectivity index (χ3v) is 1.62. The molecule has 0 saturated heterocycles. The Balaban J connectivity index is 2.45. The van der Waals surface area contributed by atoms with Crippen molar-refractivity contribution in [2.24, 2.45) is 0 Å². The Kier molecular flexibility index (Phi) is 3.84. The van der Waals surface area contributed by atoms with Crippen LogP contribution in [0.15, 0.2) is 22.8 Å². The Morgan fingerprint density at radius 3 is 2.92 bits per heavy atom. The van der Waals surface area contributed by atoms with Crippen molar-refractivity contribution in [1.29, 1.82) is 0 Å². The van der Waals surface area contributed by atoms with Gasteiger partial charge in [0.15, 0.2) is 0 Å². The van der Waals surface area contributed by atoms with Gasteiger partial charge in [-0.1, -0.05) is 0 Å². The van der Waals surface area contributed by atoms with Crippen molar-refractivity contribution in [2.45, 2.75) is 13.0 Å². The molecule has 1 aromatic rings. The van der Waals surface area contributed by atoms with Crippen molar-refractivity contribution in [3.8, 4) is 0 Å². The van der Waals surface area contributed by atoms with Gasteiger partial charge in [-0.05, 0) is 19.1 Å². The van der Waals surface area contributed by atoms with Crippen LogP contribution < -0.4 is 0 Å². The maximum absolute atomic E-state index is 5.23. The molecule has 3 heteroatoms. The lowest BCUT2D eigenvalue weighted by Gasteiger charge is -2.11. The fourth-order valence-electron chi connectivity index (χ4n) is 0.966. The van der Waals surface area contributed by atoms with Crippen LogP contribution in [-0.2, 0) is 9.47 Å². The number of ether oxygens (including phenoxy) is 2. The summed E-state index contributed by atoms with van der Waals surface area (Å²) in [5, 5.41) is 0. The van der Waals surface area contributed by atoms with E-state index in [1.807, 2.05) is 19.1 Å². The number of hydrogen-bond donors (Lipinski definition) is 0. The lowest BCUT2D eigenvalue weighted by atomic mass is 10.3. The van der Waals surface area contributed by atoms with Gasteiger partial charge in [-0.3, -0.25) is 0 Å². The minimum atomic E-state index is -0.0834. The molecule has 1 unspecified atom stereocenters. The molecular weight excluding hydrogens is 156 g/mol. The van der Waals surface area contributed by atoms with E-state index < -0.39 is 0 Å². The highest BCUT2D eigenvalue weighted by Crippen LogP contribution is 2.16. The van der Waals surface area contributed by atoms with Crippen molar-refractivity contribution < 1.29 is 13.9 Å². The topological polar surface area (TPSA) is 31.6 Å². The van der Waals surface area contributed by atoms with Crippen LogP contribution in [0.3, 0.4) is 0 Å². The molecule has 0 radical (unpaired) electrons. The van der Waals surface area contributed by atoms with Crippen LogP contribution in [-0.4, -0.2) is 20.3 Å². The van der Waals surface area contributed by atoms with Crippen molar-refractivity contribution in [3.63, 3.8) is 0 Å². The number of methoxy groups -OCH3 is 1. The Bertz CT molecular complexity index is 194. The molecule has 0 N–H and O–H groups in total. The molecule has 1 rings (SSSR count). The fourth-order valence-corrected chi connectivity index (χ4v) is 0.966. The van der Waals surface area contributed by atoms with Crippen molar-refractivity contribution in [2.75, 3.05) is 20.3 Å². The van der Waals surface area contributed by atoms with E-state index in [1.165, 1.54) is 0 Å². The van der Waals surface area contributed by atoms with E-state index in [-0.39, 0.29) is 6.10 Å². The molecule has 0 aliphatic heterocycles. The summed E-state index contributed by atoms with van der Waals surface area (Å²) >= 11 is 0. The summed E-state index contributed by atoms with van der Waals surface area (Å²) in [6.07, 6.45) is 1.55. The second-order valence-electron chi connectivity index (χ2n) is 2.40. The number of hydrogen-bond acceptors (Lipinski definition) is 3. The number of rotatable bonds is 5. The molecule has 0 aliphatic carbocycles. The molecule has 0 fully saturated rings. The lowest BCUT2D eigenvalue weighted by Crippen LogP contribution is -2.08. The molecule has 0 saturated carbocycles. The maximum atomic E-state index is 5.23. The van der Waals surface area contributed by atoms with Gasteiger partial charge in [0.05, 0.1) is 12.9 Å². The van der Waals surface area contributed by atoms with Gasteiger partial charge in [-0.25, -0.2) is 0 Å². The first kappa shape index (κ1) is 9.29. The summed E-state index contributed by atoms with van der Waals surface area (Å²) in [4.78, 5) is 0. The van der Waals surface area contributed by atoms with Gasteiger partial charge >= 0.3 is 0 Å². The Hall–Kier alpha value is -0.800. The number of furan rings is 1. The average molecular weight is 170 g/mol. The van der Waals surface area contributed by atoms with Crippen LogP contribution >= 0.6 is 0 Å². The summed E-state index contributed by atoms with van der Waals surface area (Å²) < 4.78 is 15.6. The standard InChI is InChI=1S/C9H14O3/c1-3-11-7-9(10-2)8-5-4-6-12-8/h4-6,9H,3,7H2,1-2H3. The SMILES string of the molecule is CCOCC(OC)c1ccco1. The average Bonchev–Trinajstić information content (AvgIpc) is 2.59. The molecule has 1 atom stereocenters. The molecule has 0 bridgehead atoms. The van der Waals surface area contributed by atoms with Crippen LogP contribution in [0.4, 0.5) is 0 Å². The predicted molar refractivity (Wildman–Crippen MR) is 45.0 cm³/mol. The molecular formula is C9H14O3. The third-order valence-electron chi connectivity index (χ3n) is 1.62. The first-order chi connectivity index (χ1) is 5.88. The fraction of sp³-hybridized carbons (Fsp3) is 0.556. The van der Waals surface area contributed by atoms with Crippen LogP contribution in [0.1, 0.15) is 18.8 Å². The van der Waals surface area contributed by atoms with E-state index in [2.05, 4.69) is 0 Å². The van der Waals surface area contributed by atoms with Gasteiger partial charge in [0.25, 0.3) is 0 Å². The molecule has 0 aliphatic rings. The Morgan fingerprint density at radius 1 is 1.58 bits per heavy atom. The summed E-state index contributed by atoms with van der Waals surface area (Å²) in [7, 11) is 1.65. The summed E-state index contributed by atoms with van der Waals surface area (Å²) in [5.41, 5.74) is 0. The Morgan fingerprint density at radius 2 is 2.42 bits per heavy atom. The van der Waals surface area contributed by atoms with E-state index in [9.17, 15) is 0 Å². The summed E-state index contributed by atoms with van der Waals surface area (Å²) in [5.74, 6) is 0.811. The molecule has 1 heterocycles. The summed E-state index contributed by atoms with van der Waals surface area (Å²) in [6, 6.07) is 3.72. The van der Waals surface area contributed by atoms with Crippen molar-refractivity contribution in [1.82, 2.24) is 0 Å². The summed E-state index contributed by atoms with van der Waals surface area (Å²) in [6.45, 7) is 3.19. The van der Waals surface area contributed by atoms with Gasteiger partial charge in [-0.15, -0.1) is 0 Å². The molecule has 3 nitrogen and oxygen atoms in total.